The zero-order chi connectivity index (χ0) is 17.7. The molecule has 8 heteroatoms. The van der Waals surface area contributed by atoms with Gasteiger partial charge in [-0.1, -0.05) is 30.0 Å². The molecular formula is C16H22N2O4S2. The molecule has 6 nitrogen and oxygen atoms in total. The molecule has 0 saturated carbocycles. The fourth-order valence-corrected chi connectivity index (χ4v) is 3.62. The number of thiocarbonyl (C=S) groups is 1. The van der Waals surface area contributed by atoms with E-state index in [1.165, 1.54) is 11.8 Å². The summed E-state index contributed by atoms with van der Waals surface area (Å²) in [6.45, 7) is 2.96. The van der Waals surface area contributed by atoms with Crippen molar-refractivity contribution in [2.45, 2.75) is 19.4 Å². The van der Waals surface area contributed by atoms with Gasteiger partial charge in [0, 0.05) is 6.54 Å². The minimum absolute atomic E-state index is 0.524. The highest BCUT2D eigenvalue weighted by molar-refractivity contribution is 8.22. The Kier molecular flexibility index (Phi) is 6.70. The van der Waals surface area contributed by atoms with Gasteiger partial charge in [0.25, 0.3) is 0 Å². The Morgan fingerprint density at radius 3 is 2.71 bits per heavy atom. The fourth-order valence-electron chi connectivity index (χ4n) is 2.40. The van der Waals surface area contributed by atoms with Gasteiger partial charge >= 0.3 is 5.97 Å². The van der Waals surface area contributed by atoms with E-state index in [-0.39, 0.29) is 0 Å². The summed E-state index contributed by atoms with van der Waals surface area (Å²) in [7, 11) is 3.22. The molecule has 132 valence electrons. The highest BCUT2D eigenvalue weighted by atomic mass is 32.2. The first-order valence-electron chi connectivity index (χ1n) is 7.55. The summed E-state index contributed by atoms with van der Waals surface area (Å²) in [5, 5.41) is 9.17. The van der Waals surface area contributed by atoms with Gasteiger partial charge in [0.15, 0.2) is 11.5 Å². The number of hydrogen-bond donors (Lipinski definition) is 1. The predicted octanol–water partition coefficient (Wildman–Crippen LogP) is 2.27. The van der Waals surface area contributed by atoms with Crippen LogP contribution >= 0.6 is 24.0 Å². The van der Waals surface area contributed by atoms with Crippen molar-refractivity contribution in [2.24, 2.45) is 0 Å². The van der Waals surface area contributed by atoms with Gasteiger partial charge < -0.3 is 19.5 Å². The van der Waals surface area contributed by atoms with Gasteiger partial charge in [0.1, 0.15) is 10.4 Å². The van der Waals surface area contributed by atoms with Gasteiger partial charge in [-0.05, 0) is 31.0 Å². The van der Waals surface area contributed by atoms with Crippen LogP contribution in [-0.4, -0.2) is 64.5 Å². The molecule has 24 heavy (non-hydrogen) atoms. The van der Waals surface area contributed by atoms with Crippen molar-refractivity contribution in [3.63, 3.8) is 0 Å². The van der Waals surface area contributed by atoms with Crippen molar-refractivity contribution in [3.05, 3.63) is 23.8 Å². The molecule has 1 aliphatic rings. The van der Waals surface area contributed by atoms with E-state index >= 15 is 0 Å². The predicted molar refractivity (Wildman–Crippen MR) is 98.8 cm³/mol. The highest BCUT2D eigenvalue weighted by Gasteiger charge is 2.28. The summed E-state index contributed by atoms with van der Waals surface area (Å²) in [5.41, 5.74) is 1.11. The minimum atomic E-state index is -0.816. The van der Waals surface area contributed by atoms with Gasteiger partial charge in [-0.25, -0.2) is 0 Å². The Bertz CT molecular complexity index is 612. The highest BCUT2D eigenvalue weighted by Crippen LogP contribution is 2.28. The number of thioether (sulfide) groups is 1. The van der Waals surface area contributed by atoms with E-state index in [4.69, 9.17) is 21.7 Å². The summed E-state index contributed by atoms with van der Waals surface area (Å²) in [4.78, 5) is 15.1. The van der Waals surface area contributed by atoms with Crippen LogP contribution in [0.5, 0.6) is 11.5 Å². The number of carbonyl (C=O) groups is 1. The maximum absolute atomic E-state index is 11.2. The number of aliphatic carboxylic acids is 1. The Balaban J connectivity index is 1.99. The van der Waals surface area contributed by atoms with Crippen LogP contribution in [-0.2, 0) is 11.2 Å². The zero-order valence-electron chi connectivity index (χ0n) is 14.0. The molecule has 1 N–H and O–H groups in total. The normalized spacial score (nSPS) is 16.8. The lowest BCUT2D eigenvalue weighted by molar-refractivity contribution is -0.142. The van der Waals surface area contributed by atoms with Crippen molar-refractivity contribution >= 4 is 34.3 Å². The summed E-state index contributed by atoms with van der Waals surface area (Å²) in [5.74, 6) is 1.20. The summed E-state index contributed by atoms with van der Waals surface area (Å²) < 4.78 is 11.4. The molecule has 1 atom stereocenters. The first kappa shape index (κ1) is 18.8. The molecule has 0 spiro atoms. The molecule has 0 bridgehead atoms. The van der Waals surface area contributed by atoms with E-state index in [2.05, 4.69) is 0 Å². The maximum Gasteiger partial charge on any atom is 0.320 e. The Hall–Kier alpha value is -1.51. The van der Waals surface area contributed by atoms with Crippen molar-refractivity contribution in [3.8, 4) is 11.5 Å². The van der Waals surface area contributed by atoms with E-state index < -0.39 is 12.0 Å². The third-order valence-electron chi connectivity index (χ3n) is 3.99. The fraction of sp³-hybridized carbons (Fsp3) is 0.500. The van der Waals surface area contributed by atoms with E-state index in [0.29, 0.717) is 24.0 Å². The zero-order valence-corrected chi connectivity index (χ0v) is 15.7. The van der Waals surface area contributed by atoms with Crippen molar-refractivity contribution in [2.75, 3.05) is 33.3 Å². The van der Waals surface area contributed by atoms with Gasteiger partial charge in [-0.3, -0.25) is 9.69 Å². The van der Waals surface area contributed by atoms with Crippen LogP contribution in [0, 0.1) is 0 Å². The van der Waals surface area contributed by atoms with Crippen LogP contribution in [0.4, 0.5) is 0 Å². The summed E-state index contributed by atoms with van der Waals surface area (Å²) in [6, 6.07) is 5.32. The SMILES string of the molecule is COc1ccc(CCN2CN(C(C)C(=O)O)CSC2=S)cc1OC. The van der Waals surface area contributed by atoms with Crippen LogP contribution < -0.4 is 9.47 Å². The lowest BCUT2D eigenvalue weighted by Gasteiger charge is -2.38. The van der Waals surface area contributed by atoms with Crippen molar-refractivity contribution < 1.29 is 19.4 Å². The lowest BCUT2D eigenvalue weighted by Crippen LogP contribution is -2.51. The Labute approximate surface area is 151 Å². The quantitative estimate of drug-likeness (QED) is 0.734. The monoisotopic (exact) mass is 370 g/mol. The molecule has 2 rings (SSSR count). The number of ether oxygens (including phenoxy) is 2. The second-order valence-electron chi connectivity index (χ2n) is 5.49. The second-order valence-corrected chi connectivity index (χ2v) is 7.07. The minimum Gasteiger partial charge on any atom is -0.493 e. The molecule has 1 unspecified atom stereocenters. The number of nitrogens with zero attached hydrogens (tertiary/aromatic N) is 2. The smallest absolute Gasteiger partial charge is 0.320 e. The molecule has 0 aliphatic carbocycles. The number of benzene rings is 1. The first-order chi connectivity index (χ1) is 11.5. The van der Waals surface area contributed by atoms with Crippen LogP contribution in [0.3, 0.4) is 0 Å². The van der Waals surface area contributed by atoms with Gasteiger partial charge in [0.05, 0.1) is 26.8 Å². The molecule has 0 amide bonds. The van der Waals surface area contributed by atoms with Crippen LogP contribution in [0.15, 0.2) is 18.2 Å². The first-order valence-corrected chi connectivity index (χ1v) is 8.95. The average Bonchev–Trinajstić information content (AvgIpc) is 2.59. The lowest BCUT2D eigenvalue weighted by atomic mass is 10.1. The average molecular weight is 370 g/mol. The van der Waals surface area contributed by atoms with Gasteiger partial charge in [0.2, 0.25) is 0 Å². The van der Waals surface area contributed by atoms with Gasteiger partial charge in [-0.2, -0.15) is 0 Å². The Morgan fingerprint density at radius 2 is 2.08 bits per heavy atom. The standard InChI is InChI=1S/C16H22N2O4S2/c1-11(15(19)20)18-9-17(16(23)24-10-18)7-6-12-4-5-13(21-2)14(8-12)22-3/h4-5,8,11H,6-7,9-10H2,1-3H3,(H,19,20). The van der Waals surface area contributed by atoms with E-state index in [0.717, 1.165) is 22.8 Å². The molecule has 1 aromatic carbocycles. The largest absolute Gasteiger partial charge is 0.493 e. The van der Waals surface area contributed by atoms with Crippen molar-refractivity contribution in [1.29, 1.82) is 0 Å². The molecule has 1 fully saturated rings. The topological polar surface area (TPSA) is 62.2 Å². The molecule has 1 aromatic rings. The number of rotatable bonds is 7. The van der Waals surface area contributed by atoms with Crippen molar-refractivity contribution in [1.82, 2.24) is 9.80 Å². The molecule has 1 saturated heterocycles. The number of methoxy groups -OCH3 is 2. The van der Waals surface area contributed by atoms with Crippen LogP contribution in [0.2, 0.25) is 0 Å². The number of hydrogen-bond acceptors (Lipinski definition) is 6. The maximum atomic E-state index is 11.2. The third kappa shape index (κ3) is 4.52. The molecule has 0 radical (unpaired) electrons. The number of carboxylic acid groups (broad SMARTS) is 1. The van der Waals surface area contributed by atoms with E-state index in [9.17, 15) is 9.90 Å². The van der Waals surface area contributed by atoms with Crippen LogP contribution in [0.25, 0.3) is 0 Å². The molecular weight excluding hydrogens is 348 g/mol. The van der Waals surface area contributed by atoms with E-state index in [1.807, 2.05) is 28.0 Å². The van der Waals surface area contributed by atoms with Gasteiger partial charge in [-0.15, -0.1) is 0 Å². The summed E-state index contributed by atoms with van der Waals surface area (Å²) >= 11 is 6.91. The third-order valence-corrected chi connectivity index (χ3v) is 5.57. The number of carboxylic acids is 1. The Morgan fingerprint density at radius 1 is 1.38 bits per heavy atom. The molecule has 1 heterocycles. The molecule has 0 aromatic heterocycles. The van der Waals surface area contributed by atoms with Crippen LogP contribution in [0.1, 0.15) is 12.5 Å². The van der Waals surface area contributed by atoms with E-state index in [1.54, 1.807) is 21.1 Å². The molecule has 1 aliphatic heterocycles. The summed E-state index contributed by atoms with van der Waals surface area (Å²) in [6.07, 6.45) is 0.788. The second kappa shape index (κ2) is 8.55.